The van der Waals surface area contributed by atoms with Crippen molar-refractivity contribution in [3.8, 4) is 16.9 Å². The van der Waals surface area contributed by atoms with Gasteiger partial charge in [0.1, 0.15) is 11.6 Å². The zero-order chi connectivity index (χ0) is 20.4. The molecule has 29 heavy (non-hydrogen) atoms. The quantitative estimate of drug-likeness (QED) is 0.518. The number of ether oxygens (including phenoxy) is 1. The Kier molecular flexibility index (Phi) is 5.54. The van der Waals surface area contributed by atoms with E-state index in [-0.39, 0.29) is 17.8 Å². The predicted octanol–water partition coefficient (Wildman–Crippen LogP) is 6.13. The molecule has 1 amide bonds. The minimum absolute atomic E-state index is 0.00642. The van der Waals surface area contributed by atoms with Crippen LogP contribution in [0.1, 0.15) is 34.8 Å². The maximum Gasteiger partial charge on any atom is 0.254 e. The van der Waals surface area contributed by atoms with Gasteiger partial charge in [-0.2, -0.15) is 0 Å². The van der Waals surface area contributed by atoms with Crippen LogP contribution in [0.5, 0.6) is 5.75 Å². The third kappa shape index (κ3) is 3.85. The molecule has 0 aromatic heterocycles. The maximum atomic E-state index is 13.5. The highest BCUT2D eigenvalue weighted by atomic mass is 35.5. The summed E-state index contributed by atoms with van der Waals surface area (Å²) in [6.45, 7) is 0.711. The van der Waals surface area contributed by atoms with Crippen LogP contribution < -0.4 is 4.74 Å². The van der Waals surface area contributed by atoms with Gasteiger partial charge in [0.15, 0.2) is 0 Å². The standard InChI is InChI=1S/C24H21ClFNO2/c1-29-23-15-18(26)12-13-19(23)16-8-10-17(11-9-16)24(28)27-14-4-7-22(27)20-5-2-3-6-21(20)25/h2-3,5-6,8-13,15,22H,4,7,14H2,1H3/t22-/m1/s1. The lowest BCUT2D eigenvalue weighted by atomic mass is 10.0. The van der Waals surface area contributed by atoms with Crippen LogP contribution in [0.3, 0.4) is 0 Å². The van der Waals surface area contributed by atoms with E-state index in [4.69, 9.17) is 16.3 Å². The van der Waals surface area contributed by atoms with Crippen LogP contribution in [-0.4, -0.2) is 24.5 Å². The van der Waals surface area contributed by atoms with Crippen molar-refractivity contribution in [2.45, 2.75) is 18.9 Å². The van der Waals surface area contributed by atoms with Crippen molar-refractivity contribution >= 4 is 17.5 Å². The second kappa shape index (κ2) is 8.26. The Balaban J connectivity index is 1.59. The molecule has 5 heteroatoms. The van der Waals surface area contributed by atoms with Crippen LogP contribution in [0.15, 0.2) is 66.7 Å². The van der Waals surface area contributed by atoms with Crippen molar-refractivity contribution in [1.29, 1.82) is 0 Å². The Hall–Kier alpha value is -2.85. The molecule has 1 saturated heterocycles. The molecule has 1 aliphatic heterocycles. The Morgan fingerprint density at radius 2 is 1.86 bits per heavy atom. The van der Waals surface area contributed by atoms with Crippen LogP contribution in [0.2, 0.25) is 5.02 Å². The first kappa shape index (κ1) is 19.5. The summed E-state index contributed by atoms with van der Waals surface area (Å²) in [6, 6.07) is 19.5. The summed E-state index contributed by atoms with van der Waals surface area (Å²) >= 11 is 6.37. The summed E-state index contributed by atoms with van der Waals surface area (Å²) in [5, 5.41) is 0.691. The summed E-state index contributed by atoms with van der Waals surface area (Å²) < 4.78 is 18.7. The molecule has 1 atom stereocenters. The fourth-order valence-electron chi connectivity index (χ4n) is 3.94. The van der Waals surface area contributed by atoms with E-state index in [1.54, 1.807) is 6.07 Å². The first-order chi connectivity index (χ1) is 14.1. The van der Waals surface area contributed by atoms with Crippen molar-refractivity contribution in [2.24, 2.45) is 0 Å². The minimum atomic E-state index is -0.350. The van der Waals surface area contributed by atoms with Crippen molar-refractivity contribution in [3.05, 3.63) is 88.7 Å². The molecule has 0 radical (unpaired) electrons. The number of methoxy groups -OCH3 is 1. The summed E-state index contributed by atoms with van der Waals surface area (Å²) in [4.78, 5) is 15.1. The molecule has 0 bridgehead atoms. The lowest BCUT2D eigenvalue weighted by molar-refractivity contribution is 0.0736. The van der Waals surface area contributed by atoms with E-state index in [1.807, 2.05) is 53.4 Å². The van der Waals surface area contributed by atoms with Gasteiger partial charge in [0, 0.05) is 28.8 Å². The van der Waals surface area contributed by atoms with E-state index in [9.17, 15) is 9.18 Å². The first-order valence-electron chi connectivity index (χ1n) is 9.58. The van der Waals surface area contributed by atoms with Gasteiger partial charge in [-0.15, -0.1) is 0 Å². The zero-order valence-corrected chi connectivity index (χ0v) is 16.8. The van der Waals surface area contributed by atoms with Crippen molar-refractivity contribution in [2.75, 3.05) is 13.7 Å². The van der Waals surface area contributed by atoms with Crippen molar-refractivity contribution in [1.82, 2.24) is 4.90 Å². The van der Waals surface area contributed by atoms with Crippen LogP contribution in [0.4, 0.5) is 4.39 Å². The fraction of sp³-hybridized carbons (Fsp3) is 0.208. The predicted molar refractivity (Wildman–Crippen MR) is 113 cm³/mol. The molecule has 3 aromatic carbocycles. The number of hydrogen-bond donors (Lipinski definition) is 0. The molecule has 0 saturated carbocycles. The Labute approximate surface area is 174 Å². The second-order valence-electron chi connectivity index (χ2n) is 7.10. The monoisotopic (exact) mass is 409 g/mol. The van der Waals surface area contributed by atoms with Gasteiger partial charge in [0.05, 0.1) is 13.2 Å². The van der Waals surface area contributed by atoms with Crippen molar-refractivity contribution in [3.63, 3.8) is 0 Å². The molecule has 0 aliphatic carbocycles. The number of rotatable bonds is 4. The number of carbonyl (C=O) groups is 1. The number of likely N-dealkylation sites (tertiary alicyclic amines) is 1. The van der Waals surface area contributed by atoms with E-state index < -0.39 is 0 Å². The number of hydrogen-bond acceptors (Lipinski definition) is 2. The lowest BCUT2D eigenvalue weighted by Gasteiger charge is -2.26. The normalized spacial score (nSPS) is 16.1. The Morgan fingerprint density at radius 3 is 2.59 bits per heavy atom. The van der Waals surface area contributed by atoms with E-state index in [0.717, 1.165) is 29.5 Å². The van der Waals surface area contributed by atoms with E-state index in [0.29, 0.717) is 22.9 Å². The Bertz CT molecular complexity index is 1040. The zero-order valence-electron chi connectivity index (χ0n) is 16.1. The molecule has 1 heterocycles. The lowest BCUT2D eigenvalue weighted by Crippen LogP contribution is -2.30. The van der Waals surface area contributed by atoms with Crippen molar-refractivity contribution < 1.29 is 13.9 Å². The van der Waals surface area contributed by atoms with Gasteiger partial charge in [-0.25, -0.2) is 4.39 Å². The summed E-state index contributed by atoms with van der Waals surface area (Å²) in [5.74, 6) is 0.101. The van der Waals surface area contributed by atoms with E-state index >= 15 is 0 Å². The topological polar surface area (TPSA) is 29.5 Å². The molecule has 3 aromatic rings. The molecule has 3 nitrogen and oxygen atoms in total. The fourth-order valence-corrected chi connectivity index (χ4v) is 4.20. The Morgan fingerprint density at radius 1 is 1.10 bits per heavy atom. The summed E-state index contributed by atoms with van der Waals surface area (Å²) in [6.07, 6.45) is 1.85. The molecule has 1 aliphatic rings. The van der Waals surface area contributed by atoms with Crippen LogP contribution in [0, 0.1) is 5.82 Å². The smallest absolute Gasteiger partial charge is 0.254 e. The van der Waals surface area contributed by atoms with Gasteiger partial charge < -0.3 is 9.64 Å². The second-order valence-corrected chi connectivity index (χ2v) is 7.51. The summed E-state index contributed by atoms with van der Waals surface area (Å²) in [5.41, 5.74) is 3.26. The van der Waals surface area contributed by atoms with E-state index in [1.165, 1.54) is 19.2 Å². The average Bonchev–Trinajstić information content (AvgIpc) is 3.23. The molecule has 0 N–H and O–H groups in total. The molecular weight excluding hydrogens is 389 g/mol. The molecule has 1 fully saturated rings. The third-order valence-corrected chi connectivity index (χ3v) is 5.73. The van der Waals surface area contributed by atoms with Crippen LogP contribution in [0.25, 0.3) is 11.1 Å². The number of amides is 1. The van der Waals surface area contributed by atoms with Gasteiger partial charge >= 0.3 is 0 Å². The highest BCUT2D eigenvalue weighted by Gasteiger charge is 2.31. The number of carbonyl (C=O) groups excluding carboxylic acids is 1. The van der Waals surface area contributed by atoms with Gasteiger partial charge in [0.25, 0.3) is 5.91 Å². The molecule has 0 unspecified atom stereocenters. The average molecular weight is 410 g/mol. The molecule has 0 spiro atoms. The largest absolute Gasteiger partial charge is 0.496 e. The molecule has 148 valence electrons. The third-order valence-electron chi connectivity index (χ3n) is 5.38. The van der Waals surface area contributed by atoms with Crippen LogP contribution >= 0.6 is 11.6 Å². The minimum Gasteiger partial charge on any atom is -0.496 e. The maximum absolute atomic E-state index is 13.5. The van der Waals surface area contributed by atoms with Crippen LogP contribution in [-0.2, 0) is 0 Å². The SMILES string of the molecule is COc1cc(F)ccc1-c1ccc(C(=O)N2CCC[C@@H]2c2ccccc2Cl)cc1. The molecule has 4 rings (SSSR count). The van der Waals surface area contributed by atoms with Gasteiger partial charge in [-0.1, -0.05) is 41.9 Å². The highest BCUT2D eigenvalue weighted by molar-refractivity contribution is 6.31. The van der Waals surface area contributed by atoms with Gasteiger partial charge in [-0.3, -0.25) is 4.79 Å². The number of halogens is 2. The first-order valence-corrected chi connectivity index (χ1v) is 9.95. The van der Waals surface area contributed by atoms with Gasteiger partial charge in [-0.05, 0) is 54.3 Å². The van der Waals surface area contributed by atoms with Gasteiger partial charge in [0.2, 0.25) is 0 Å². The number of benzene rings is 3. The molecular formula is C24H21ClFNO2. The highest BCUT2D eigenvalue weighted by Crippen LogP contribution is 2.37. The van der Waals surface area contributed by atoms with E-state index in [2.05, 4.69) is 0 Å². The number of nitrogens with zero attached hydrogens (tertiary/aromatic N) is 1. The summed E-state index contributed by atoms with van der Waals surface area (Å²) in [7, 11) is 1.51.